The van der Waals surface area contributed by atoms with Crippen LogP contribution in [0.1, 0.15) is 12.5 Å². The van der Waals surface area contributed by atoms with Gasteiger partial charge in [-0.25, -0.2) is 4.39 Å². The minimum absolute atomic E-state index is 0.297. The van der Waals surface area contributed by atoms with E-state index in [9.17, 15) is 4.39 Å². The van der Waals surface area contributed by atoms with Crippen molar-refractivity contribution in [3.63, 3.8) is 0 Å². The molecule has 0 spiro atoms. The van der Waals surface area contributed by atoms with E-state index in [2.05, 4.69) is 0 Å². The molecule has 0 saturated heterocycles. The van der Waals surface area contributed by atoms with Gasteiger partial charge in [-0.05, 0) is 42.8 Å². The largest absolute Gasteiger partial charge is 0.494 e. The van der Waals surface area contributed by atoms with Gasteiger partial charge in [-0.2, -0.15) is 0 Å². The van der Waals surface area contributed by atoms with E-state index in [1.54, 1.807) is 17.8 Å². The summed E-state index contributed by atoms with van der Waals surface area (Å²) in [7, 11) is 0. The molecule has 2 rings (SSSR count). The smallest absolute Gasteiger partial charge is 0.126 e. The van der Waals surface area contributed by atoms with E-state index in [0.29, 0.717) is 12.3 Å². The Hall–Kier alpha value is -1.68. The molecule has 0 unspecified atom stereocenters. The maximum absolute atomic E-state index is 13.2. The molecule has 2 aromatic rings. The van der Waals surface area contributed by atoms with Gasteiger partial charge in [0.25, 0.3) is 0 Å². The number of hydrogen-bond acceptors (Lipinski definition) is 3. The third kappa shape index (κ3) is 4.17. The van der Waals surface area contributed by atoms with Gasteiger partial charge in [0.1, 0.15) is 11.6 Å². The molecular weight excluding hydrogens is 261 g/mol. The van der Waals surface area contributed by atoms with Crippen molar-refractivity contribution in [3.05, 3.63) is 53.8 Å². The van der Waals surface area contributed by atoms with Crippen molar-refractivity contribution in [2.75, 3.05) is 12.3 Å². The first-order valence-electron chi connectivity index (χ1n) is 6.08. The fourth-order valence-corrected chi connectivity index (χ4v) is 2.62. The van der Waals surface area contributed by atoms with E-state index in [-0.39, 0.29) is 5.82 Å². The Morgan fingerprint density at radius 1 is 1.16 bits per heavy atom. The number of rotatable bonds is 5. The third-order valence-corrected chi connectivity index (χ3v) is 3.58. The van der Waals surface area contributed by atoms with Crippen LogP contribution in [-0.4, -0.2) is 6.61 Å². The van der Waals surface area contributed by atoms with Crippen molar-refractivity contribution in [2.45, 2.75) is 17.6 Å². The molecule has 4 heteroatoms. The summed E-state index contributed by atoms with van der Waals surface area (Å²) in [5.74, 6) is 1.34. The molecule has 0 aliphatic carbocycles. The molecule has 0 radical (unpaired) electrons. The van der Waals surface area contributed by atoms with E-state index in [4.69, 9.17) is 10.5 Å². The van der Waals surface area contributed by atoms with Gasteiger partial charge in [-0.15, -0.1) is 11.8 Å². The minimum Gasteiger partial charge on any atom is -0.494 e. The van der Waals surface area contributed by atoms with Gasteiger partial charge >= 0.3 is 0 Å². The first-order valence-corrected chi connectivity index (χ1v) is 7.06. The zero-order valence-electron chi connectivity index (χ0n) is 10.7. The highest BCUT2D eigenvalue weighted by Gasteiger charge is 2.01. The molecule has 0 heterocycles. The van der Waals surface area contributed by atoms with Crippen LogP contribution < -0.4 is 10.5 Å². The van der Waals surface area contributed by atoms with Gasteiger partial charge < -0.3 is 10.5 Å². The Labute approximate surface area is 116 Å². The Bertz CT molecular complexity index is 522. The summed E-state index contributed by atoms with van der Waals surface area (Å²) in [6, 6.07) is 12.5. The van der Waals surface area contributed by atoms with Gasteiger partial charge in [-0.3, -0.25) is 0 Å². The van der Waals surface area contributed by atoms with Gasteiger partial charge in [0.05, 0.1) is 6.61 Å². The topological polar surface area (TPSA) is 35.2 Å². The highest BCUT2D eigenvalue weighted by molar-refractivity contribution is 7.98. The van der Waals surface area contributed by atoms with E-state index >= 15 is 0 Å². The lowest BCUT2D eigenvalue weighted by molar-refractivity contribution is 0.340. The molecule has 0 atom stereocenters. The van der Waals surface area contributed by atoms with Crippen molar-refractivity contribution in [1.29, 1.82) is 0 Å². The Morgan fingerprint density at radius 2 is 1.89 bits per heavy atom. The molecule has 2 aromatic carbocycles. The van der Waals surface area contributed by atoms with E-state index in [1.165, 1.54) is 12.1 Å². The zero-order valence-corrected chi connectivity index (χ0v) is 11.5. The van der Waals surface area contributed by atoms with Gasteiger partial charge in [0, 0.05) is 16.3 Å². The fourth-order valence-electron chi connectivity index (χ4n) is 1.68. The van der Waals surface area contributed by atoms with Crippen LogP contribution in [0.2, 0.25) is 0 Å². The van der Waals surface area contributed by atoms with Crippen molar-refractivity contribution in [3.8, 4) is 5.75 Å². The van der Waals surface area contributed by atoms with Crippen molar-refractivity contribution in [1.82, 2.24) is 0 Å². The molecule has 0 amide bonds. The van der Waals surface area contributed by atoms with Crippen LogP contribution in [0, 0.1) is 5.82 Å². The molecule has 0 aliphatic rings. The number of anilines is 1. The first-order chi connectivity index (χ1) is 9.17. The number of nitrogens with two attached hydrogens (primary N) is 1. The number of hydrogen-bond donors (Lipinski definition) is 1. The van der Waals surface area contributed by atoms with Crippen molar-refractivity contribution < 1.29 is 9.13 Å². The molecule has 2 nitrogen and oxygen atoms in total. The van der Waals surface area contributed by atoms with Gasteiger partial charge in [0.2, 0.25) is 0 Å². The second kappa shape index (κ2) is 6.48. The van der Waals surface area contributed by atoms with E-state index in [1.807, 2.05) is 31.2 Å². The summed E-state index contributed by atoms with van der Waals surface area (Å²) >= 11 is 1.56. The Balaban J connectivity index is 1.98. The van der Waals surface area contributed by atoms with Crippen LogP contribution in [0.25, 0.3) is 0 Å². The normalized spacial score (nSPS) is 10.4. The predicted molar refractivity (Wildman–Crippen MR) is 78.0 cm³/mol. The van der Waals surface area contributed by atoms with Gasteiger partial charge in [-0.1, -0.05) is 12.1 Å². The molecule has 0 aliphatic heterocycles. The SMILES string of the molecule is CCOc1ccc(CSc2cc(N)cc(F)c2)cc1. The summed E-state index contributed by atoms with van der Waals surface area (Å²) in [5, 5.41) is 0. The maximum atomic E-state index is 13.2. The number of thioether (sulfide) groups is 1. The molecule has 2 N–H and O–H groups in total. The van der Waals surface area contributed by atoms with Crippen LogP contribution in [0.15, 0.2) is 47.4 Å². The lowest BCUT2D eigenvalue weighted by Gasteiger charge is -2.06. The van der Waals surface area contributed by atoms with E-state index in [0.717, 1.165) is 22.0 Å². The lowest BCUT2D eigenvalue weighted by Crippen LogP contribution is -1.91. The van der Waals surface area contributed by atoms with Crippen LogP contribution in [0.3, 0.4) is 0 Å². The van der Waals surface area contributed by atoms with Crippen LogP contribution in [0.4, 0.5) is 10.1 Å². The second-order valence-electron chi connectivity index (χ2n) is 4.09. The molecule has 0 fully saturated rings. The minimum atomic E-state index is -0.297. The highest BCUT2D eigenvalue weighted by Crippen LogP contribution is 2.26. The molecular formula is C15H16FNOS. The maximum Gasteiger partial charge on any atom is 0.126 e. The number of ether oxygens (including phenoxy) is 1. The molecule has 0 saturated carbocycles. The summed E-state index contributed by atoms with van der Waals surface area (Å²) in [5.41, 5.74) is 7.23. The lowest BCUT2D eigenvalue weighted by atomic mass is 10.2. The standard InChI is InChI=1S/C15H16FNOS/c1-2-18-14-5-3-11(4-6-14)10-19-15-8-12(16)7-13(17)9-15/h3-9H,2,10,17H2,1H3. The first kappa shape index (κ1) is 13.7. The summed E-state index contributed by atoms with van der Waals surface area (Å²) in [6.07, 6.45) is 0. The Kier molecular flexibility index (Phi) is 4.68. The zero-order chi connectivity index (χ0) is 13.7. The quantitative estimate of drug-likeness (QED) is 0.660. The second-order valence-corrected chi connectivity index (χ2v) is 5.13. The van der Waals surface area contributed by atoms with Gasteiger partial charge in [0.15, 0.2) is 0 Å². The average Bonchev–Trinajstić information content (AvgIpc) is 2.37. The summed E-state index contributed by atoms with van der Waals surface area (Å²) in [6.45, 7) is 2.62. The number of benzene rings is 2. The van der Waals surface area contributed by atoms with E-state index < -0.39 is 0 Å². The molecule has 0 aromatic heterocycles. The summed E-state index contributed by atoms with van der Waals surface area (Å²) < 4.78 is 18.6. The number of nitrogen functional groups attached to an aromatic ring is 1. The highest BCUT2D eigenvalue weighted by atomic mass is 32.2. The van der Waals surface area contributed by atoms with Crippen molar-refractivity contribution in [2.24, 2.45) is 0 Å². The van der Waals surface area contributed by atoms with Crippen LogP contribution in [-0.2, 0) is 5.75 Å². The Morgan fingerprint density at radius 3 is 2.53 bits per heavy atom. The molecule has 100 valence electrons. The molecule has 19 heavy (non-hydrogen) atoms. The summed E-state index contributed by atoms with van der Waals surface area (Å²) in [4.78, 5) is 0.839. The van der Waals surface area contributed by atoms with Crippen molar-refractivity contribution >= 4 is 17.4 Å². The van der Waals surface area contributed by atoms with Crippen LogP contribution >= 0.6 is 11.8 Å². The predicted octanol–water partition coefficient (Wildman–Crippen LogP) is 4.10. The van der Waals surface area contributed by atoms with Crippen LogP contribution in [0.5, 0.6) is 5.75 Å². The fraction of sp³-hybridized carbons (Fsp3) is 0.200. The number of halogens is 1. The third-order valence-electron chi connectivity index (χ3n) is 2.53. The molecule has 0 bridgehead atoms. The average molecular weight is 277 g/mol. The monoisotopic (exact) mass is 277 g/mol.